The monoisotopic (exact) mass is 243 g/mol. The third kappa shape index (κ3) is 10.3. The number of carbonyl (C=O) groups excluding carboxylic acids is 1. The second-order valence-electron chi connectivity index (χ2n) is 5.03. The summed E-state index contributed by atoms with van der Waals surface area (Å²) in [6.07, 6.45) is 4.69. The summed E-state index contributed by atoms with van der Waals surface area (Å²) in [5, 5.41) is 3.43. The molecule has 0 aromatic rings. The molecule has 0 spiro atoms. The summed E-state index contributed by atoms with van der Waals surface area (Å²) >= 11 is 0. The van der Waals surface area contributed by atoms with Gasteiger partial charge in [-0.3, -0.25) is 4.79 Å². The van der Waals surface area contributed by atoms with Crippen molar-refractivity contribution in [1.29, 1.82) is 0 Å². The van der Waals surface area contributed by atoms with Crippen LogP contribution >= 0.6 is 0 Å². The molecule has 0 aromatic carbocycles. The average Bonchev–Trinajstić information content (AvgIpc) is 2.30. The molecule has 3 heteroatoms. The van der Waals surface area contributed by atoms with Crippen LogP contribution in [0.2, 0.25) is 0 Å². The highest BCUT2D eigenvalue weighted by atomic mass is 16.5. The van der Waals surface area contributed by atoms with Crippen LogP contribution in [0.15, 0.2) is 0 Å². The van der Waals surface area contributed by atoms with Gasteiger partial charge in [0.25, 0.3) is 0 Å². The quantitative estimate of drug-likeness (QED) is 0.599. The van der Waals surface area contributed by atoms with Gasteiger partial charge in [-0.05, 0) is 31.7 Å². The second-order valence-corrected chi connectivity index (χ2v) is 5.03. The van der Waals surface area contributed by atoms with Gasteiger partial charge in [0.1, 0.15) is 6.61 Å². The minimum atomic E-state index is -0.0593. The zero-order valence-electron chi connectivity index (χ0n) is 11.9. The van der Waals surface area contributed by atoms with Crippen molar-refractivity contribution in [3.63, 3.8) is 0 Å². The second kappa shape index (κ2) is 10.6. The Labute approximate surface area is 106 Å². The molecule has 1 unspecified atom stereocenters. The highest BCUT2D eigenvalue weighted by Gasteiger charge is 2.09. The SMILES string of the molecule is CCCCC(=O)OCC(CC)NCCC(C)C. The van der Waals surface area contributed by atoms with Gasteiger partial charge in [-0.2, -0.15) is 0 Å². The molecule has 1 N–H and O–H groups in total. The molecule has 0 saturated carbocycles. The smallest absolute Gasteiger partial charge is 0.305 e. The third-order valence-electron chi connectivity index (χ3n) is 2.83. The van der Waals surface area contributed by atoms with Crippen LogP contribution < -0.4 is 5.32 Å². The van der Waals surface area contributed by atoms with Crippen molar-refractivity contribution in [1.82, 2.24) is 5.32 Å². The Hall–Kier alpha value is -0.570. The van der Waals surface area contributed by atoms with Gasteiger partial charge in [-0.25, -0.2) is 0 Å². The summed E-state index contributed by atoms with van der Waals surface area (Å²) in [5.74, 6) is 0.656. The number of carbonyl (C=O) groups is 1. The molecule has 0 aliphatic carbocycles. The number of hydrogen-bond acceptors (Lipinski definition) is 3. The maximum Gasteiger partial charge on any atom is 0.305 e. The van der Waals surface area contributed by atoms with E-state index in [9.17, 15) is 4.79 Å². The third-order valence-corrected chi connectivity index (χ3v) is 2.83. The first-order valence-electron chi connectivity index (χ1n) is 6.99. The number of nitrogens with one attached hydrogen (secondary N) is 1. The van der Waals surface area contributed by atoms with E-state index in [1.807, 2.05) is 0 Å². The number of hydrogen-bond donors (Lipinski definition) is 1. The number of unbranched alkanes of at least 4 members (excludes halogenated alkanes) is 1. The Bertz CT molecular complexity index is 193. The van der Waals surface area contributed by atoms with Gasteiger partial charge < -0.3 is 10.1 Å². The average molecular weight is 243 g/mol. The molecular weight excluding hydrogens is 214 g/mol. The van der Waals surface area contributed by atoms with E-state index >= 15 is 0 Å². The van der Waals surface area contributed by atoms with Gasteiger partial charge in [-0.1, -0.05) is 34.1 Å². The van der Waals surface area contributed by atoms with E-state index in [2.05, 4.69) is 33.0 Å². The van der Waals surface area contributed by atoms with Crippen molar-refractivity contribution in [2.75, 3.05) is 13.2 Å². The maximum absolute atomic E-state index is 11.4. The minimum absolute atomic E-state index is 0.0593. The fourth-order valence-corrected chi connectivity index (χ4v) is 1.48. The van der Waals surface area contributed by atoms with Gasteiger partial charge in [0.2, 0.25) is 0 Å². The molecule has 0 aliphatic heterocycles. The van der Waals surface area contributed by atoms with Crippen LogP contribution in [0.25, 0.3) is 0 Å². The van der Waals surface area contributed by atoms with Gasteiger partial charge in [-0.15, -0.1) is 0 Å². The van der Waals surface area contributed by atoms with Crippen LogP contribution in [-0.4, -0.2) is 25.2 Å². The van der Waals surface area contributed by atoms with Gasteiger partial charge in [0.15, 0.2) is 0 Å². The summed E-state index contributed by atoms with van der Waals surface area (Å²) in [6.45, 7) is 10.1. The van der Waals surface area contributed by atoms with E-state index < -0.39 is 0 Å². The van der Waals surface area contributed by atoms with E-state index in [1.165, 1.54) is 6.42 Å². The summed E-state index contributed by atoms with van der Waals surface area (Å²) in [6, 6.07) is 0.305. The molecule has 0 aliphatic rings. The zero-order valence-corrected chi connectivity index (χ0v) is 11.9. The molecule has 0 heterocycles. The summed E-state index contributed by atoms with van der Waals surface area (Å²) in [7, 11) is 0. The minimum Gasteiger partial charge on any atom is -0.464 e. The Morgan fingerprint density at radius 3 is 2.53 bits per heavy atom. The first kappa shape index (κ1) is 16.4. The number of esters is 1. The number of ether oxygens (including phenoxy) is 1. The zero-order chi connectivity index (χ0) is 13.1. The molecule has 102 valence electrons. The molecule has 0 radical (unpaired) electrons. The fraction of sp³-hybridized carbons (Fsp3) is 0.929. The lowest BCUT2D eigenvalue weighted by Crippen LogP contribution is -2.34. The molecule has 0 fully saturated rings. The molecule has 0 bridgehead atoms. The van der Waals surface area contributed by atoms with Crippen LogP contribution in [0.5, 0.6) is 0 Å². The van der Waals surface area contributed by atoms with Crippen LogP contribution in [0.4, 0.5) is 0 Å². The van der Waals surface area contributed by atoms with Crippen molar-refractivity contribution in [2.24, 2.45) is 5.92 Å². The van der Waals surface area contributed by atoms with E-state index in [0.717, 1.165) is 25.8 Å². The molecule has 3 nitrogen and oxygen atoms in total. The molecule has 0 saturated heterocycles. The predicted molar refractivity (Wildman–Crippen MR) is 72.0 cm³/mol. The maximum atomic E-state index is 11.4. The lowest BCUT2D eigenvalue weighted by Gasteiger charge is -2.17. The van der Waals surface area contributed by atoms with Gasteiger partial charge in [0.05, 0.1) is 0 Å². The van der Waals surface area contributed by atoms with Crippen molar-refractivity contribution in [2.45, 2.75) is 65.8 Å². The van der Waals surface area contributed by atoms with Gasteiger partial charge in [0, 0.05) is 12.5 Å². The van der Waals surface area contributed by atoms with E-state index in [4.69, 9.17) is 4.74 Å². The topological polar surface area (TPSA) is 38.3 Å². The van der Waals surface area contributed by atoms with E-state index in [-0.39, 0.29) is 5.97 Å². The predicted octanol–water partition coefficient (Wildman–Crippen LogP) is 3.13. The largest absolute Gasteiger partial charge is 0.464 e. The standard InChI is InChI=1S/C14H29NO2/c1-5-7-8-14(16)17-11-13(6-2)15-10-9-12(3)4/h12-13,15H,5-11H2,1-4H3. The highest BCUT2D eigenvalue weighted by Crippen LogP contribution is 2.01. The van der Waals surface area contributed by atoms with Crippen LogP contribution in [0.1, 0.15) is 59.8 Å². The van der Waals surface area contributed by atoms with Crippen molar-refractivity contribution in [3.8, 4) is 0 Å². The Kier molecular flexibility index (Phi) is 10.2. The van der Waals surface area contributed by atoms with Crippen molar-refractivity contribution in [3.05, 3.63) is 0 Å². The molecule has 17 heavy (non-hydrogen) atoms. The first-order valence-corrected chi connectivity index (χ1v) is 6.99. The summed E-state index contributed by atoms with van der Waals surface area (Å²) in [5.41, 5.74) is 0. The lowest BCUT2D eigenvalue weighted by atomic mass is 10.1. The van der Waals surface area contributed by atoms with Crippen molar-refractivity contribution < 1.29 is 9.53 Å². The fourth-order valence-electron chi connectivity index (χ4n) is 1.48. The highest BCUT2D eigenvalue weighted by molar-refractivity contribution is 5.69. The molecular formula is C14H29NO2. The lowest BCUT2D eigenvalue weighted by molar-refractivity contribution is -0.144. The molecule has 0 amide bonds. The Balaban J connectivity index is 3.63. The Morgan fingerprint density at radius 2 is 2.00 bits per heavy atom. The molecule has 0 aromatic heterocycles. The van der Waals surface area contributed by atoms with Crippen molar-refractivity contribution >= 4 is 5.97 Å². The molecule has 0 rings (SSSR count). The van der Waals surface area contributed by atoms with Crippen LogP contribution in [0.3, 0.4) is 0 Å². The normalized spacial score (nSPS) is 12.8. The Morgan fingerprint density at radius 1 is 1.29 bits per heavy atom. The molecule has 1 atom stereocenters. The van der Waals surface area contributed by atoms with Gasteiger partial charge >= 0.3 is 5.97 Å². The first-order chi connectivity index (χ1) is 8.10. The number of rotatable bonds is 10. The summed E-state index contributed by atoms with van der Waals surface area (Å²) < 4.78 is 5.25. The summed E-state index contributed by atoms with van der Waals surface area (Å²) in [4.78, 5) is 11.4. The van der Waals surface area contributed by atoms with E-state index in [1.54, 1.807) is 0 Å². The van der Waals surface area contributed by atoms with Crippen LogP contribution in [-0.2, 0) is 9.53 Å². The van der Waals surface area contributed by atoms with Crippen LogP contribution in [0, 0.1) is 5.92 Å². The van der Waals surface area contributed by atoms with E-state index in [0.29, 0.717) is 25.0 Å².